The summed E-state index contributed by atoms with van der Waals surface area (Å²) in [6.45, 7) is 15.2. The number of halogens is 1. The first kappa shape index (κ1) is 38.3. The van der Waals surface area contributed by atoms with E-state index in [9.17, 15) is 14.9 Å². The van der Waals surface area contributed by atoms with Crippen LogP contribution >= 0.6 is 0 Å². The molecule has 1 aromatic carbocycles. The SMILES string of the molecule is CN(C)C(=O)CCc1nc2c(N3CC(N(C)C)C3)nc3c(F)c(B4OC(C)(C)C(C)(C)O4)c(CCC#N)cc3c2n1C1C2CC1N(C(=O)OC(C)(C)C)C2. The van der Waals surface area contributed by atoms with Crippen LogP contribution in [0.3, 0.4) is 0 Å². The molecule has 13 nitrogen and oxygen atoms in total. The van der Waals surface area contributed by atoms with Gasteiger partial charge in [-0.3, -0.25) is 4.79 Å². The van der Waals surface area contributed by atoms with Gasteiger partial charge in [-0.15, -0.1) is 0 Å². The third-order valence-corrected chi connectivity index (χ3v) is 12.2. The lowest BCUT2D eigenvalue weighted by molar-refractivity contribution is -0.128. The van der Waals surface area contributed by atoms with Gasteiger partial charge < -0.3 is 38.2 Å². The van der Waals surface area contributed by atoms with Crippen molar-refractivity contribution in [3.8, 4) is 6.07 Å². The maximum Gasteiger partial charge on any atom is 0.498 e. The monoisotopic (exact) mass is 744 g/mol. The van der Waals surface area contributed by atoms with Gasteiger partial charge in [-0.25, -0.2) is 19.2 Å². The van der Waals surface area contributed by atoms with Crippen molar-refractivity contribution in [1.29, 1.82) is 5.26 Å². The van der Waals surface area contributed by atoms with Gasteiger partial charge in [0.1, 0.15) is 28.3 Å². The minimum absolute atomic E-state index is 0.0303. The summed E-state index contributed by atoms with van der Waals surface area (Å²) >= 11 is 0. The summed E-state index contributed by atoms with van der Waals surface area (Å²) in [5, 5.41) is 10.3. The van der Waals surface area contributed by atoms with Crippen molar-refractivity contribution in [2.24, 2.45) is 5.92 Å². The van der Waals surface area contributed by atoms with Crippen LogP contribution in [0.2, 0.25) is 0 Å². The summed E-state index contributed by atoms with van der Waals surface area (Å²) in [5.41, 5.74) is 0.313. The number of rotatable bonds is 9. The number of hydrogen-bond acceptors (Lipinski definition) is 10. The lowest BCUT2D eigenvalue weighted by Crippen LogP contribution is -2.57. The molecule has 0 N–H and O–H groups in total. The lowest BCUT2D eigenvalue weighted by Gasteiger charge is -2.43. The molecule has 0 radical (unpaired) electrons. The van der Waals surface area contributed by atoms with E-state index in [0.29, 0.717) is 60.2 Å². The smallest absolute Gasteiger partial charge is 0.444 e. The van der Waals surface area contributed by atoms with Crippen molar-refractivity contribution < 1.29 is 28.0 Å². The maximum absolute atomic E-state index is 17.6. The average molecular weight is 745 g/mol. The summed E-state index contributed by atoms with van der Waals surface area (Å²) in [7, 11) is 6.56. The largest absolute Gasteiger partial charge is 0.498 e. The Kier molecular flexibility index (Phi) is 9.46. The maximum atomic E-state index is 17.6. The summed E-state index contributed by atoms with van der Waals surface area (Å²) in [4.78, 5) is 44.5. The fourth-order valence-electron chi connectivity index (χ4n) is 8.28. The Morgan fingerprint density at radius 2 is 1.72 bits per heavy atom. The van der Waals surface area contributed by atoms with Crippen LogP contribution in [0, 0.1) is 23.1 Å². The second-order valence-corrected chi connectivity index (χ2v) is 17.9. The normalized spacial score (nSPS) is 23.3. The van der Waals surface area contributed by atoms with E-state index in [1.807, 2.05) is 73.5 Å². The van der Waals surface area contributed by atoms with E-state index < -0.39 is 29.7 Å². The van der Waals surface area contributed by atoms with E-state index in [0.717, 1.165) is 11.9 Å². The standard InChI is InChI=1S/C39H54BFN8O5/c1-37(2,3)52-36(51)48-19-23-18-26(48)33(23)49-27(14-15-28(50)46(10)11)43-32-34(49)25-17-22(13-12-16-42)29(40-53-38(4,5)39(6,7)54-40)30(41)31(25)44-35(32)47-20-24(21-47)45(8)9/h17,23-24,26,33H,12-15,18-21H2,1-11H3. The van der Waals surface area contributed by atoms with Gasteiger partial charge >= 0.3 is 13.2 Å². The van der Waals surface area contributed by atoms with E-state index in [4.69, 9.17) is 24.0 Å². The molecule has 1 saturated carbocycles. The first-order chi connectivity index (χ1) is 25.2. The Balaban J connectivity index is 1.47. The number of carbonyl (C=O) groups is 2. The topological polar surface area (TPSA) is 129 Å². The Morgan fingerprint density at radius 3 is 2.31 bits per heavy atom. The summed E-state index contributed by atoms with van der Waals surface area (Å²) in [6.07, 6.45) is 1.48. The molecule has 15 heteroatoms. The van der Waals surface area contributed by atoms with Crippen LogP contribution in [-0.2, 0) is 31.7 Å². The van der Waals surface area contributed by atoms with Crippen LogP contribution in [0.15, 0.2) is 6.07 Å². The third kappa shape index (κ3) is 6.37. The lowest BCUT2D eigenvalue weighted by atomic mass is 9.73. The van der Waals surface area contributed by atoms with Crippen LogP contribution < -0.4 is 10.4 Å². The van der Waals surface area contributed by atoms with Gasteiger partial charge in [-0.1, -0.05) is 0 Å². The summed E-state index contributed by atoms with van der Waals surface area (Å²) in [6, 6.07) is 4.14. The number of carbonyl (C=O) groups excluding carboxylic acids is 2. The molecular weight excluding hydrogens is 690 g/mol. The number of nitriles is 1. The number of aromatic nitrogens is 3. The molecule has 4 aliphatic heterocycles. The van der Waals surface area contributed by atoms with Crippen molar-refractivity contribution in [2.45, 2.75) is 115 Å². The van der Waals surface area contributed by atoms with E-state index in [1.54, 1.807) is 19.0 Å². The molecule has 54 heavy (non-hydrogen) atoms. The number of anilines is 1. The summed E-state index contributed by atoms with van der Waals surface area (Å²) < 4.78 is 38.4. The minimum Gasteiger partial charge on any atom is -0.444 e. The number of pyridine rings is 1. The number of ether oxygens (including phenoxy) is 1. The van der Waals surface area contributed by atoms with E-state index in [1.165, 1.54) is 0 Å². The highest BCUT2D eigenvalue weighted by Crippen LogP contribution is 2.52. The average Bonchev–Trinajstić information content (AvgIpc) is 3.77. The van der Waals surface area contributed by atoms with Gasteiger partial charge in [0.15, 0.2) is 5.82 Å². The molecule has 3 aromatic rings. The number of imidazole rings is 1. The number of amides is 2. The Morgan fingerprint density at radius 1 is 1.06 bits per heavy atom. The Bertz CT molecular complexity index is 2030. The van der Waals surface area contributed by atoms with Crippen molar-refractivity contribution >= 4 is 52.3 Å². The quantitative estimate of drug-likeness (QED) is 0.291. The minimum atomic E-state index is -1.00. The molecular formula is C39H54BFN8O5. The molecule has 2 amide bonds. The van der Waals surface area contributed by atoms with E-state index >= 15 is 4.39 Å². The molecule has 8 rings (SSSR count). The highest BCUT2D eigenvalue weighted by atomic mass is 19.1. The first-order valence-corrected chi connectivity index (χ1v) is 19.1. The molecule has 290 valence electrons. The fraction of sp³-hybridized carbons (Fsp3) is 0.667. The van der Waals surface area contributed by atoms with Crippen molar-refractivity contribution in [3.05, 3.63) is 23.3 Å². The highest BCUT2D eigenvalue weighted by Gasteiger charge is 2.57. The molecule has 3 unspecified atom stereocenters. The van der Waals surface area contributed by atoms with Crippen LogP contribution in [0.4, 0.5) is 15.0 Å². The summed E-state index contributed by atoms with van der Waals surface area (Å²) in [5.74, 6) is 0.811. The van der Waals surface area contributed by atoms with Crippen LogP contribution in [0.25, 0.3) is 21.9 Å². The van der Waals surface area contributed by atoms with Crippen LogP contribution in [-0.4, -0.2) is 125 Å². The van der Waals surface area contributed by atoms with Crippen molar-refractivity contribution in [2.75, 3.05) is 52.7 Å². The Labute approximate surface area is 317 Å². The zero-order valence-electron chi connectivity index (χ0n) is 33.6. The van der Waals surface area contributed by atoms with Gasteiger partial charge in [0.25, 0.3) is 0 Å². The molecule has 2 aromatic heterocycles. The molecule has 4 saturated heterocycles. The molecule has 6 heterocycles. The molecule has 0 spiro atoms. The van der Waals surface area contributed by atoms with Gasteiger partial charge in [0.2, 0.25) is 5.91 Å². The molecule has 1 aliphatic carbocycles. The second-order valence-electron chi connectivity index (χ2n) is 17.9. The van der Waals surface area contributed by atoms with Gasteiger partial charge in [0, 0.05) is 75.8 Å². The molecule has 5 aliphatic rings. The number of hydrogen-bond donors (Lipinski definition) is 0. The molecule has 5 fully saturated rings. The van der Waals surface area contributed by atoms with E-state index in [-0.39, 0.29) is 60.2 Å². The number of aryl methyl sites for hydroxylation is 2. The predicted octanol–water partition coefficient (Wildman–Crippen LogP) is 4.43. The van der Waals surface area contributed by atoms with Crippen LogP contribution in [0.5, 0.6) is 0 Å². The molecule has 2 bridgehead atoms. The predicted molar refractivity (Wildman–Crippen MR) is 205 cm³/mol. The van der Waals surface area contributed by atoms with Crippen molar-refractivity contribution in [1.82, 2.24) is 29.2 Å². The second kappa shape index (κ2) is 13.3. The van der Waals surface area contributed by atoms with Gasteiger partial charge in [-0.2, -0.15) is 5.26 Å². The zero-order chi connectivity index (χ0) is 39.2. The number of benzene rings is 1. The number of fused-ring (bicyclic) bond motifs is 4. The van der Waals surface area contributed by atoms with Crippen molar-refractivity contribution in [3.63, 3.8) is 0 Å². The fourth-order valence-corrected chi connectivity index (χ4v) is 8.28. The first-order valence-electron chi connectivity index (χ1n) is 19.1. The van der Waals surface area contributed by atoms with Gasteiger partial charge in [0.05, 0.1) is 34.9 Å². The number of nitrogens with zero attached hydrogens (tertiary/aromatic N) is 8. The van der Waals surface area contributed by atoms with Gasteiger partial charge in [-0.05, 0) is 87.0 Å². The van der Waals surface area contributed by atoms with Crippen LogP contribution in [0.1, 0.15) is 85.2 Å². The highest BCUT2D eigenvalue weighted by molar-refractivity contribution is 6.63. The zero-order valence-corrected chi connectivity index (χ0v) is 33.6. The third-order valence-electron chi connectivity index (χ3n) is 12.2. The Hall–Kier alpha value is -4.00. The number of likely N-dealkylation sites (N-methyl/N-ethyl adjacent to an activating group) is 1. The van der Waals surface area contributed by atoms with E-state index in [2.05, 4.69) is 20.4 Å². The molecule has 3 atom stereocenters.